The van der Waals surface area contributed by atoms with Gasteiger partial charge in [0, 0.05) is 11.1 Å². The van der Waals surface area contributed by atoms with Crippen LogP contribution < -0.4 is 8.85 Å². The van der Waals surface area contributed by atoms with Gasteiger partial charge in [-0.15, -0.1) is 0 Å². The Labute approximate surface area is 335 Å². The Kier molecular flexibility index (Phi) is 9.29. The maximum Gasteiger partial charge on any atom is 0.250 e. The van der Waals surface area contributed by atoms with Crippen LogP contribution in [0.25, 0.3) is 76.5 Å². The summed E-state index contributed by atoms with van der Waals surface area (Å²) in [7, 11) is -4.39. The van der Waals surface area contributed by atoms with Crippen molar-refractivity contribution < 1.29 is 8.85 Å². The van der Waals surface area contributed by atoms with Crippen molar-refractivity contribution >= 4 is 59.7 Å². The van der Waals surface area contributed by atoms with E-state index in [-0.39, 0.29) is 10.1 Å². The molecule has 0 bridgehead atoms. The molecule has 8 rings (SSSR count). The predicted molar refractivity (Wildman–Crippen MR) is 248 cm³/mol. The van der Waals surface area contributed by atoms with Crippen LogP contribution in [0, 0.1) is 0 Å². The predicted octanol–water partition coefficient (Wildman–Crippen LogP) is 16.1. The zero-order chi connectivity index (χ0) is 39.6. The van der Waals surface area contributed by atoms with Crippen molar-refractivity contribution in [1.82, 2.24) is 0 Å². The van der Waals surface area contributed by atoms with Gasteiger partial charge in [-0.05, 0) is 126 Å². The van der Waals surface area contributed by atoms with Gasteiger partial charge >= 0.3 is 0 Å². The Balaban J connectivity index is 1.42. The van der Waals surface area contributed by atoms with Crippen LogP contribution in [0.15, 0.2) is 146 Å². The summed E-state index contributed by atoms with van der Waals surface area (Å²) in [6.45, 7) is 23.2. The van der Waals surface area contributed by atoms with E-state index in [1.54, 1.807) is 0 Å². The second-order valence-electron chi connectivity index (χ2n) is 18.5. The van der Waals surface area contributed by atoms with Gasteiger partial charge in [-0.25, -0.2) is 0 Å². The van der Waals surface area contributed by atoms with Crippen LogP contribution >= 0.6 is 0 Å². The third-order valence-corrected chi connectivity index (χ3v) is 21.4. The highest BCUT2D eigenvalue weighted by Crippen LogP contribution is 2.50. The minimum Gasteiger partial charge on any atom is -0.543 e. The first-order chi connectivity index (χ1) is 26.5. The van der Waals surface area contributed by atoms with Crippen LogP contribution in [0.4, 0.5) is 0 Å². The second kappa shape index (κ2) is 13.8. The first-order valence-corrected chi connectivity index (χ1v) is 25.8. The fraction of sp³-hybridized carbons (Fsp3) is 0.231. The van der Waals surface area contributed by atoms with E-state index in [1.807, 2.05) is 0 Å². The lowest BCUT2D eigenvalue weighted by molar-refractivity contribution is 0.483. The van der Waals surface area contributed by atoms with Crippen LogP contribution in [0.5, 0.6) is 11.5 Å². The van der Waals surface area contributed by atoms with Gasteiger partial charge in [0.05, 0.1) is 0 Å². The molecule has 0 heterocycles. The summed E-state index contributed by atoms with van der Waals surface area (Å²) in [6, 6.07) is 53.5. The molecule has 0 saturated carbocycles. The molecule has 0 unspecified atom stereocenters. The molecule has 8 aromatic carbocycles. The number of hydrogen-bond acceptors (Lipinski definition) is 2. The fourth-order valence-corrected chi connectivity index (χ4v) is 9.64. The normalized spacial score (nSPS) is 12.8. The van der Waals surface area contributed by atoms with Gasteiger partial charge in [0.15, 0.2) is 0 Å². The molecule has 2 nitrogen and oxygen atoms in total. The van der Waals surface area contributed by atoms with E-state index in [2.05, 4.69) is 213 Å². The maximum atomic E-state index is 7.31. The molecule has 282 valence electrons. The van der Waals surface area contributed by atoms with Crippen molar-refractivity contribution in [2.75, 3.05) is 0 Å². The molecule has 0 aliphatic rings. The zero-order valence-corrected chi connectivity index (χ0v) is 36.7. The van der Waals surface area contributed by atoms with Gasteiger partial charge in [-0.1, -0.05) is 163 Å². The molecule has 0 aromatic heterocycles. The first kappa shape index (κ1) is 37.7. The zero-order valence-electron chi connectivity index (χ0n) is 34.7. The monoisotopic (exact) mass is 766 g/mol. The van der Waals surface area contributed by atoms with Gasteiger partial charge in [0.2, 0.25) is 8.32 Å². The number of rotatable bonds is 7. The number of fused-ring (bicyclic) bond motifs is 5. The number of hydrogen-bond donors (Lipinski definition) is 0. The van der Waals surface area contributed by atoms with E-state index in [9.17, 15) is 0 Å². The molecule has 56 heavy (non-hydrogen) atoms. The van der Waals surface area contributed by atoms with Gasteiger partial charge in [0.1, 0.15) is 11.5 Å². The molecule has 0 amide bonds. The number of benzene rings is 8. The topological polar surface area (TPSA) is 18.5 Å². The average molecular weight is 767 g/mol. The maximum absolute atomic E-state index is 7.31. The molecule has 0 aliphatic heterocycles. The molecule has 0 aliphatic carbocycles. The molecule has 8 aromatic rings. The Morgan fingerprint density at radius 3 is 1.29 bits per heavy atom. The Morgan fingerprint density at radius 1 is 0.375 bits per heavy atom. The summed E-state index contributed by atoms with van der Waals surface area (Å²) < 4.78 is 14.4. The van der Waals surface area contributed by atoms with Gasteiger partial charge in [-0.2, -0.15) is 0 Å². The SMILES string of the molecule is CC(C)(C)[Si](C)(C)Oc1ccc(O[Si](C)(C)C(C)(C)C)c(-c2c(-c3ccc(-c4c5ccccc5cc5ccccc45)cc3)c3ccccc3c3ccccc23)c1. The van der Waals surface area contributed by atoms with E-state index in [0.29, 0.717) is 0 Å². The van der Waals surface area contributed by atoms with Crippen molar-refractivity contribution in [2.24, 2.45) is 0 Å². The van der Waals surface area contributed by atoms with Crippen LogP contribution in [0.2, 0.25) is 36.3 Å². The van der Waals surface area contributed by atoms with E-state index in [4.69, 9.17) is 8.85 Å². The van der Waals surface area contributed by atoms with Gasteiger partial charge < -0.3 is 8.85 Å². The van der Waals surface area contributed by atoms with E-state index < -0.39 is 16.6 Å². The fourth-order valence-electron chi connectivity index (χ4n) is 7.58. The third kappa shape index (κ3) is 6.63. The van der Waals surface area contributed by atoms with Crippen LogP contribution in [-0.2, 0) is 0 Å². The lowest BCUT2D eigenvalue weighted by atomic mass is 9.84. The summed E-state index contributed by atoms with van der Waals surface area (Å²) in [6.07, 6.45) is 0. The largest absolute Gasteiger partial charge is 0.543 e. The summed E-state index contributed by atoms with van der Waals surface area (Å²) in [4.78, 5) is 0. The van der Waals surface area contributed by atoms with Crippen LogP contribution in [-0.4, -0.2) is 16.6 Å². The third-order valence-electron chi connectivity index (χ3n) is 12.7. The van der Waals surface area contributed by atoms with Crippen LogP contribution in [0.3, 0.4) is 0 Å². The molecular weight excluding hydrogens is 713 g/mol. The highest BCUT2D eigenvalue weighted by molar-refractivity contribution is 6.75. The molecule has 4 heteroatoms. The molecule has 0 saturated heterocycles. The van der Waals surface area contributed by atoms with Crippen molar-refractivity contribution in [2.45, 2.75) is 77.8 Å². The Morgan fingerprint density at radius 2 is 0.786 bits per heavy atom. The average Bonchev–Trinajstić information content (AvgIpc) is 3.16. The summed E-state index contributed by atoms with van der Waals surface area (Å²) in [5.41, 5.74) is 7.11. The smallest absolute Gasteiger partial charge is 0.250 e. The van der Waals surface area contributed by atoms with Gasteiger partial charge in [0.25, 0.3) is 8.32 Å². The molecule has 0 atom stereocenters. The van der Waals surface area contributed by atoms with Crippen molar-refractivity contribution in [3.63, 3.8) is 0 Å². The first-order valence-electron chi connectivity index (χ1n) is 20.0. The minimum absolute atomic E-state index is 0.0243. The van der Waals surface area contributed by atoms with Crippen molar-refractivity contribution in [1.29, 1.82) is 0 Å². The molecule has 0 fully saturated rings. The van der Waals surface area contributed by atoms with Crippen molar-refractivity contribution in [3.8, 4) is 44.9 Å². The Bertz CT molecular complexity index is 2710. The molecule has 0 N–H and O–H groups in total. The van der Waals surface area contributed by atoms with E-state index >= 15 is 0 Å². The minimum atomic E-state index is -2.24. The van der Waals surface area contributed by atoms with Crippen LogP contribution in [0.1, 0.15) is 41.5 Å². The molecule has 0 spiro atoms. The lowest BCUT2D eigenvalue weighted by Crippen LogP contribution is -2.44. The summed E-state index contributed by atoms with van der Waals surface area (Å²) >= 11 is 0. The standard InChI is InChI=1S/C52H54O2Si2/c1-51(2,3)55(7,8)53-39-31-32-47(54-56(9,10)52(4,5)6)46(34-39)50-45-26-18-16-24-43(45)42-23-15-17-25-44(42)49(50)36-29-27-35(28-30-36)48-40-21-13-11-19-37(40)33-38-20-12-14-22-41(38)48/h11-34H,1-10H3. The quantitative estimate of drug-likeness (QED) is 0.0914. The highest BCUT2D eigenvalue weighted by Gasteiger charge is 2.41. The lowest BCUT2D eigenvalue weighted by Gasteiger charge is -2.38. The van der Waals surface area contributed by atoms with Crippen molar-refractivity contribution in [3.05, 3.63) is 146 Å². The summed E-state index contributed by atoms with van der Waals surface area (Å²) in [5, 5.41) is 10.0. The van der Waals surface area contributed by atoms with E-state index in [0.717, 1.165) is 17.1 Å². The summed E-state index contributed by atoms with van der Waals surface area (Å²) in [5.74, 6) is 1.82. The van der Waals surface area contributed by atoms with Gasteiger partial charge in [-0.3, -0.25) is 0 Å². The molecular formula is C52H54O2Si2. The molecule has 0 radical (unpaired) electrons. The van der Waals surface area contributed by atoms with E-state index in [1.165, 1.54) is 70.9 Å². The Hall–Kier alpha value is -5.17. The highest BCUT2D eigenvalue weighted by atomic mass is 28.4. The second-order valence-corrected chi connectivity index (χ2v) is 27.9.